The lowest BCUT2D eigenvalue weighted by Crippen LogP contribution is -2.68. The summed E-state index contributed by atoms with van der Waals surface area (Å²) in [6, 6.07) is 0. The largest absolute Gasteiger partial charge is 0.455 e. The number of esters is 1. The van der Waals surface area contributed by atoms with Crippen molar-refractivity contribution < 1.29 is 32.9 Å². The minimum Gasteiger partial charge on any atom is -0.455 e. The smallest absolute Gasteiger partial charge is 0.422 e. The number of aliphatic hydroxyl groups is 2. The van der Waals surface area contributed by atoms with Crippen LogP contribution in [0.2, 0.25) is 0 Å². The van der Waals surface area contributed by atoms with E-state index in [9.17, 15) is 28.2 Å². The maximum absolute atomic E-state index is 12.7. The van der Waals surface area contributed by atoms with Gasteiger partial charge in [-0.05, 0) is 51.9 Å². The second-order valence-electron chi connectivity index (χ2n) is 8.61. The van der Waals surface area contributed by atoms with Crippen molar-refractivity contribution in [3.05, 3.63) is 12.2 Å². The van der Waals surface area contributed by atoms with Crippen molar-refractivity contribution in [1.29, 1.82) is 0 Å². The van der Waals surface area contributed by atoms with Crippen molar-refractivity contribution in [2.24, 2.45) is 11.3 Å². The predicted molar refractivity (Wildman–Crippen MR) is 78.9 cm³/mol. The number of hydrogen-bond acceptors (Lipinski definition) is 4. The molecule has 7 heteroatoms. The van der Waals surface area contributed by atoms with Gasteiger partial charge in [-0.3, -0.25) is 0 Å². The van der Waals surface area contributed by atoms with E-state index in [2.05, 4.69) is 6.58 Å². The van der Waals surface area contributed by atoms with Crippen molar-refractivity contribution in [1.82, 2.24) is 0 Å². The Morgan fingerprint density at radius 1 is 1.08 bits per heavy atom. The molecule has 0 aromatic carbocycles. The summed E-state index contributed by atoms with van der Waals surface area (Å²) < 4.78 is 43.3. The molecule has 0 radical (unpaired) electrons. The second kappa shape index (κ2) is 4.75. The maximum Gasteiger partial charge on any atom is 0.422 e. The van der Waals surface area contributed by atoms with Gasteiger partial charge in [0.15, 0.2) is 0 Å². The first-order valence-electron chi connectivity index (χ1n) is 8.14. The van der Waals surface area contributed by atoms with Crippen LogP contribution in [0.3, 0.4) is 0 Å². The van der Waals surface area contributed by atoms with E-state index in [0.29, 0.717) is 32.1 Å². The van der Waals surface area contributed by atoms with Crippen LogP contribution >= 0.6 is 0 Å². The van der Waals surface area contributed by atoms with Gasteiger partial charge in [-0.25, -0.2) is 4.79 Å². The third-order valence-electron chi connectivity index (χ3n) is 6.22. The highest BCUT2D eigenvalue weighted by Gasteiger charge is 2.67. The molecule has 2 N–H and O–H groups in total. The molecule has 0 spiro atoms. The molecule has 24 heavy (non-hydrogen) atoms. The summed E-state index contributed by atoms with van der Waals surface area (Å²) in [5.74, 6) is -1.41. The number of alkyl halides is 3. The van der Waals surface area contributed by atoms with Crippen LogP contribution in [-0.4, -0.2) is 39.2 Å². The van der Waals surface area contributed by atoms with Crippen molar-refractivity contribution in [2.45, 2.75) is 75.4 Å². The zero-order chi connectivity index (χ0) is 18.2. The van der Waals surface area contributed by atoms with Crippen LogP contribution in [0.1, 0.15) is 52.4 Å². The van der Waals surface area contributed by atoms with Crippen LogP contribution in [0.4, 0.5) is 13.2 Å². The van der Waals surface area contributed by atoms with E-state index in [1.54, 1.807) is 13.8 Å². The van der Waals surface area contributed by atoms with Crippen LogP contribution in [0.5, 0.6) is 0 Å². The highest BCUT2D eigenvalue weighted by molar-refractivity contribution is 5.89. The summed E-state index contributed by atoms with van der Waals surface area (Å²) in [7, 11) is 0. The van der Waals surface area contributed by atoms with E-state index in [-0.39, 0.29) is 12.3 Å². The first-order chi connectivity index (χ1) is 10.7. The predicted octanol–water partition coefficient (Wildman–Crippen LogP) is 2.87. The van der Waals surface area contributed by atoms with Crippen molar-refractivity contribution >= 4 is 5.97 Å². The molecule has 0 aromatic heterocycles. The van der Waals surface area contributed by atoms with E-state index in [0.717, 1.165) is 0 Å². The van der Waals surface area contributed by atoms with Crippen molar-refractivity contribution in [3.8, 4) is 0 Å². The Labute approximate surface area is 138 Å². The van der Waals surface area contributed by atoms with E-state index < -0.39 is 39.9 Å². The van der Waals surface area contributed by atoms with Gasteiger partial charge in [0.1, 0.15) is 11.2 Å². The van der Waals surface area contributed by atoms with E-state index in [1.807, 2.05) is 0 Å². The molecule has 0 saturated heterocycles. The molecule has 0 amide bonds. The topological polar surface area (TPSA) is 66.8 Å². The molecule has 2 unspecified atom stereocenters. The molecule has 4 bridgehead atoms. The first kappa shape index (κ1) is 17.7. The molecule has 0 aromatic rings. The average molecular weight is 348 g/mol. The summed E-state index contributed by atoms with van der Waals surface area (Å²) in [5, 5.41) is 21.5. The highest BCUT2D eigenvalue weighted by Crippen LogP contribution is 2.66. The van der Waals surface area contributed by atoms with E-state index in [1.165, 1.54) is 0 Å². The molecule has 0 heterocycles. The zero-order valence-corrected chi connectivity index (χ0v) is 13.9. The molecule has 4 rings (SSSR count). The van der Waals surface area contributed by atoms with Gasteiger partial charge >= 0.3 is 12.1 Å². The molecule has 4 nitrogen and oxygen atoms in total. The number of carbonyl (C=O) groups excluding carboxylic acids is 1. The van der Waals surface area contributed by atoms with Gasteiger partial charge < -0.3 is 14.9 Å². The molecule has 4 aliphatic carbocycles. The molecule has 4 saturated carbocycles. The lowest BCUT2D eigenvalue weighted by Gasteiger charge is -2.66. The monoisotopic (exact) mass is 348 g/mol. The standard InChI is InChI=1S/C17H23F3O4/c1-10(17(18,19)20)12(21)24-13(2,3)14-4-11-5-15(22,7-14)9-16(23,6-11)8-14/h11,22-23H,1,4-9H2,2-3H3. The molecule has 4 aliphatic rings. The van der Waals surface area contributed by atoms with E-state index in [4.69, 9.17) is 4.74 Å². The number of hydrogen-bond donors (Lipinski definition) is 2. The summed E-state index contributed by atoms with van der Waals surface area (Å²) in [6.45, 7) is 5.91. The van der Waals surface area contributed by atoms with Crippen molar-refractivity contribution in [2.75, 3.05) is 0 Å². The molecule has 136 valence electrons. The molecule has 2 atom stereocenters. The summed E-state index contributed by atoms with van der Waals surface area (Å²) >= 11 is 0. The van der Waals surface area contributed by atoms with Crippen molar-refractivity contribution in [3.63, 3.8) is 0 Å². The lowest BCUT2D eigenvalue weighted by atomic mass is 9.43. The van der Waals surface area contributed by atoms with Crippen LogP contribution in [-0.2, 0) is 9.53 Å². The average Bonchev–Trinajstić information content (AvgIpc) is 2.31. The lowest BCUT2D eigenvalue weighted by molar-refractivity contribution is -0.272. The Kier molecular flexibility index (Phi) is 3.51. The van der Waals surface area contributed by atoms with E-state index >= 15 is 0 Å². The van der Waals surface area contributed by atoms with Gasteiger partial charge in [-0.1, -0.05) is 6.58 Å². The van der Waals surface area contributed by atoms with Gasteiger partial charge in [-0.2, -0.15) is 13.2 Å². The number of carbonyl (C=O) groups is 1. The van der Waals surface area contributed by atoms with Gasteiger partial charge in [0.05, 0.1) is 11.2 Å². The first-order valence-corrected chi connectivity index (χ1v) is 8.14. The second-order valence-corrected chi connectivity index (χ2v) is 8.61. The Balaban J connectivity index is 1.87. The fourth-order valence-electron chi connectivity index (χ4n) is 5.53. The Hall–Kier alpha value is -1.08. The number of rotatable bonds is 3. The molecule has 4 fully saturated rings. The summed E-state index contributed by atoms with van der Waals surface area (Å²) in [6.07, 6.45) is -2.15. The summed E-state index contributed by atoms with van der Waals surface area (Å²) in [4.78, 5) is 11.9. The van der Waals surface area contributed by atoms with Crippen LogP contribution in [0.25, 0.3) is 0 Å². The van der Waals surface area contributed by atoms with Gasteiger partial charge in [0.25, 0.3) is 0 Å². The quantitative estimate of drug-likeness (QED) is 0.608. The fraction of sp³-hybridized carbons (Fsp3) is 0.824. The SMILES string of the molecule is C=C(C(=O)OC(C)(C)C12CC3CC(O)(CC(O)(C3)C1)C2)C(F)(F)F. The number of ether oxygens (including phenoxy) is 1. The maximum atomic E-state index is 12.7. The minimum absolute atomic E-state index is 0.0834. The normalized spacial score (nSPS) is 41.4. The Morgan fingerprint density at radius 3 is 2.00 bits per heavy atom. The van der Waals surface area contributed by atoms with Crippen LogP contribution < -0.4 is 0 Å². The third-order valence-corrected chi connectivity index (χ3v) is 6.22. The van der Waals surface area contributed by atoms with Crippen LogP contribution in [0, 0.1) is 11.3 Å². The van der Waals surface area contributed by atoms with Gasteiger partial charge in [0.2, 0.25) is 0 Å². The summed E-state index contributed by atoms with van der Waals surface area (Å²) in [5.41, 5.74) is -5.62. The fourth-order valence-corrected chi connectivity index (χ4v) is 5.53. The molecular formula is C17H23F3O4. The van der Waals surface area contributed by atoms with Gasteiger partial charge in [-0.15, -0.1) is 0 Å². The minimum atomic E-state index is -4.84. The molecule has 0 aliphatic heterocycles. The Morgan fingerprint density at radius 2 is 1.58 bits per heavy atom. The number of halogens is 3. The Bertz CT molecular complexity index is 577. The van der Waals surface area contributed by atoms with Crippen LogP contribution in [0.15, 0.2) is 12.2 Å². The van der Waals surface area contributed by atoms with Gasteiger partial charge in [0, 0.05) is 11.8 Å². The molecular weight excluding hydrogens is 325 g/mol. The highest BCUT2D eigenvalue weighted by atomic mass is 19.4. The zero-order valence-electron chi connectivity index (χ0n) is 13.9. The third kappa shape index (κ3) is 2.65.